The average molecular weight is 440 g/mol. The number of rotatable bonds is 4. The zero-order chi connectivity index (χ0) is 19.0. The number of fused-ring (bicyclic) bond motifs is 1. The SMILES string of the molecule is Cc1sc2ncnc(Nc3ccc(C(=O)O)cc3)c2c1-c1ccc(Br)cc1. The molecule has 0 fully saturated rings. The van der Waals surface area contributed by atoms with E-state index in [0.29, 0.717) is 5.82 Å². The second kappa shape index (κ2) is 7.09. The quantitative estimate of drug-likeness (QED) is 0.415. The van der Waals surface area contributed by atoms with Crippen LogP contribution in [-0.2, 0) is 0 Å². The number of hydrogen-bond donors (Lipinski definition) is 2. The number of halogens is 1. The number of hydrogen-bond acceptors (Lipinski definition) is 5. The van der Waals surface area contributed by atoms with Crippen LogP contribution in [0.5, 0.6) is 0 Å². The number of nitrogens with zero attached hydrogens (tertiary/aromatic N) is 2. The first-order valence-corrected chi connectivity index (χ1v) is 9.74. The van der Waals surface area contributed by atoms with Crippen molar-refractivity contribution in [3.63, 3.8) is 0 Å². The fraction of sp³-hybridized carbons (Fsp3) is 0.0500. The number of carboxylic acid groups (broad SMARTS) is 1. The Labute approximate surface area is 167 Å². The largest absolute Gasteiger partial charge is 0.478 e. The second-order valence-electron chi connectivity index (χ2n) is 5.95. The van der Waals surface area contributed by atoms with E-state index in [1.54, 1.807) is 35.6 Å². The molecule has 4 aromatic rings. The minimum Gasteiger partial charge on any atom is -0.478 e. The molecule has 0 spiro atoms. The van der Waals surface area contributed by atoms with Gasteiger partial charge in [0.1, 0.15) is 17.0 Å². The smallest absolute Gasteiger partial charge is 0.335 e. The van der Waals surface area contributed by atoms with Crippen molar-refractivity contribution >= 4 is 55.0 Å². The molecule has 0 unspecified atom stereocenters. The number of aromatic carboxylic acids is 1. The van der Waals surface area contributed by atoms with Crippen molar-refractivity contribution in [2.45, 2.75) is 6.92 Å². The summed E-state index contributed by atoms with van der Waals surface area (Å²) in [7, 11) is 0. The van der Waals surface area contributed by atoms with Crippen molar-refractivity contribution < 1.29 is 9.90 Å². The summed E-state index contributed by atoms with van der Waals surface area (Å²) in [5.41, 5.74) is 3.22. The molecule has 2 N–H and O–H groups in total. The normalized spacial score (nSPS) is 10.9. The number of carbonyl (C=O) groups is 1. The van der Waals surface area contributed by atoms with Crippen molar-refractivity contribution in [3.8, 4) is 11.1 Å². The first kappa shape index (κ1) is 17.6. The van der Waals surface area contributed by atoms with Gasteiger partial charge in [0.2, 0.25) is 0 Å². The summed E-state index contributed by atoms with van der Waals surface area (Å²) < 4.78 is 1.02. The number of aromatic nitrogens is 2. The van der Waals surface area contributed by atoms with Crippen molar-refractivity contribution in [1.29, 1.82) is 0 Å². The van der Waals surface area contributed by atoms with Gasteiger partial charge in [-0.15, -0.1) is 11.3 Å². The second-order valence-corrected chi connectivity index (χ2v) is 8.07. The fourth-order valence-corrected chi connectivity index (χ4v) is 4.21. The standard InChI is InChI=1S/C20H14BrN3O2S/c1-11-16(12-2-6-14(21)7-3-12)17-18(22-10-23-19(17)27-11)24-15-8-4-13(5-9-15)20(25)26/h2-10H,1H3,(H,25,26)(H,22,23,24). The van der Waals surface area contributed by atoms with Crippen molar-refractivity contribution in [2.24, 2.45) is 0 Å². The number of carboxylic acids is 1. The first-order chi connectivity index (χ1) is 13.0. The molecule has 2 aromatic heterocycles. The third-order valence-electron chi connectivity index (χ3n) is 4.19. The number of aryl methyl sites for hydroxylation is 1. The van der Waals surface area contributed by atoms with E-state index >= 15 is 0 Å². The van der Waals surface area contributed by atoms with Gasteiger partial charge in [0.05, 0.1) is 10.9 Å². The highest BCUT2D eigenvalue weighted by atomic mass is 79.9. The van der Waals surface area contributed by atoms with Crippen LogP contribution in [0.4, 0.5) is 11.5 Å². The van der Waals surface area contributed by atoms with E-state index < -0.39 is 5.97 Å². The predicted octanol–water partition coefficient (Wildman–Crippen LogP) is 5.87. The van der Waals surface area contributed by atoms with E-state index in [9.17, 15) is 4.79 Å². The van der Waals surface area contributed by atoms with Crippen LogP contribution >= 0.6 is 27.3 Å². The first-order valence-electron chi connectivity index (χ1n) is 8.13. The lowest BCUT2D eigenvalue weighted by molar-refractivity contribution is 0.0697. The van der Waals surface area contributed by atoms with Gasteiger partial charge in [-0.2, -0.15) is 0 Å². The maximum atomic E-state index is 11.0. The van der Waals surface area contributed by atoms with Crippen LogP contribution in [0.1, 0.15) is 15.2 Å². The van der Waals surface area contributed by atoms with Gasteiger partial charge in [0.15, 0.2) is 0 Å². The van der Waals surface area contributed by atoms with E-state index in [0.717, 1.165) is 36.4 Å². The minimum absolute atomic E-state index is 0.246. The monoisotopic (exact) mass is 439 g/mol. The zero-order valence-electron chi connectivity index (χ0n) is 14.2. The number of thiophene rings is 1. The Bertz CT molecular complexity index is 1140. The molecule has 4 rings (SSSR count). The number of nitrogens with one attached hydrogen (secondary N) is 1. The van der Waals surface area contributed by atoms with Crippen LogP contribution < -0.4 is 5.32 Å². The van der Waals surface area contributed by atoms with Crippen molar-refractivity contribution in [1.82, 2.24) is 9.97 Å². The van der Waals surface area contributed by atoms with Gasteiger partial charge in [0.25, 0.3) is 0 Å². The van der Waals surface area contributed by atoms with E-state index in [1.807, 2.05) is 12.1 Å². The molecule has 0 aliphatic rings. The molecule has 5 nitrogen and oxygen atoms in total. The van der Waals surface area contributed by atoms with E-state index in [1.165, 1.54) is 6.33 Å². The number of benzene rings is 2. The molecule has 0 saturated carbocycles. The molecule has 0 aliphatic carbocycles. The summed E-state index contributed by atoms with van der Waals surface area (Å²) in [4.78, 5) is 22.0. The van der Waals surface area contributed by atoms with Crippen LogP contribution in [0.15, 0.2) is 59.3 Å². The molecule has 0 aliphatic heterocycles. The molecule has 7 heteroatoms. The lowest BCUT2D eigenvalue weighted by atomic mass is 10.0. The van der Waals surface area contributed by atoms with E-state index in [2.05, 4.69) is 50.3 Å². The third-order valence-corrected chi connectivity index (χ3v) is 5.73. The zero-order valence-corrected chi connectivity index (χ0v) is 16.6. The molecule has 27 heavy (non-hydrogen) atoms. The van der Waals surface area contributed by atoms with Gasteiger partial charge in [-0.1, -0.05) is 28.1 Å². The van der Waals surface area contributed by atoms with Gasteiger partial charge in [-0.25, -0.2) is 14.8 Å². The maximum Gasteiger partial charge on any atom is 0.335 e. The Morgan fingerprint density at radius 2 is 1.78 bits per heavy atom. The van der Waals surface area contributed by atoms with Gasteiger partial charge < -0.3 is 10.4 Å². The molecule has 0 bridgehead atoms. The highest BCUT2D eigenvalue weighted by Crippen LogP contribution is 2.41. The Morgan fingerprint density at radius 3 is 2.44 bits per heavy atom. The number of anilines is 2. The maximum absolute atomic E-state index is 11.0. The lowest BCUT2D eigenvalue weighted by Gasteiger charge is -2.09. The molecule has 0 amide bonds. The fourth-order valence-electron chi connectivity index (χ4n) is 2.94. The van der Waals surface area contributed by atoms with Gasteiger partial charge in [-0.3, -0.25) is 0 Å². The van der Waals surface area contributed by atoms with E-state index in [-0.39, 0.29) is 5.56 Å². The van der Waals surface area contributed by atoms with E-state index in [4.69, 9.17) is 5.11 Å². The van der Waals surface area contributed by atoms with Crippen LogP contribution in [0.2, 0.25) is 0 Å². The highest BCUT2D eigenvalue weighted by Gasteiger charge is 2.17. The minimum atomic E-state index is -0.947. The van der Waals surface area contributed by atoms with Crippen LogP contribution in [0.25, 0.3) is 21.3 Å². The van der Waals surface area contributed by atoms with Crippen molar-refractivity contribution in [2.75, 3.05) is 5.32 Å². The molecule has 2 aromatic carbocycles. The summed E-state index contributed by atoms with van der Waals surface area (Å²) in [5.74, 6) is -0.248. The summed E-state index contributed by atoms with van der Waals surface area (Å²) >= 11 is 5.10. The Hall–Kier alpha value is -2.77. The topological polar surface area (TPSA) is 75.1 Å². The summed E-state index contributed by atoms with van der Waals surface area (Å²) in [6, 6.07) is 14.8. The molecule has 134 valence electrons. The summed E-state index contributed by atoms with van der Waals surface area (Å²) in [6.45, 7) is 2.08. The molecule has 2 heterocycles. The van der Waals surface area contributed by atoms with Gasteiger partial charge >= 0.3 is 5.97 Å². The highest BCUT2D eigenvalue weighted by molar-refractivity contribution is 9.10. The van der Waals surface area contributed by atoms with Crippen molar-refractivity contribution in [3.05, 3.63) is 69.8 Å². The Kier molecular flexibility index (Phi) is 4.63. The third kappa shape index (κ3) is 3.43. The molecule has 0 atom stereocenters. The van der Waals surface area contributed by atoms with Crippen LogP contribution in [0.3, 0.4) is 0 Å². The molecular formula is C20H14BrN3O2S. The summed E-state index contributed by atoms with van der Waals surface area (Å²) in [5, 5.41) is 13.3. The predicted molar refractivity (Wildman–Crippen MR) is 112 cm³/mol. The van der Waals surface area contributed by atoms with Gasteiger partial charge in [0, 0.05) is 20.6 Å². The summed E-state index contributed by atoms with van der Waals surface area (Å²) in [6.07, 6.45) is 1.54. The molecular weight excluding hydrogens is 426 g/mol. The van der Waals surface area contributed by atoms with Crippen LogP contribution in [-0.4, -0.2) is 21.0 Å². The van der Waals surface area contributed by atoms with Crippen LogP contribution in [0, 0.1) is 6.92 Å². The Balaban J connectivity index is 1.81. The van der Waals surface area contributed by atoms with Gasteiger partial charge in [-0.05, 0) is 48.9 Å². The average Bonchev–Trinajstić information content (AvgIpc) is 3.00. The Morgan fingerprint density at radius 1 is 1.07 bits per heavy atom. The molecule has 0 saturated heterocycles. The lowest BCUT2D eigenvalue weighted by Crippen LogP contribution is -1.98. The molecule has 0 radical (unpaired) electrons.